The second-order valence-corrected chi connectivity index (χ2v) is 13.4. The third kappa shape index (κ3) is 4.37. The van der Waals surface area contributed by atoms with E-state index in [0.717, 1.165) is 54.8 Å². The SMILES string of the molecule is CC[C@H]1CC2C3CCC(CCCOC(=O)NC4CCCC4)C3(C)CC[C@@H]2C2(C)CCCCC12. The van der Waals surface area contributed by atoms with Crippen LogP contribution in [0.5, 0.6) is 0 Å². The van der Waals surface area contributed by atoms with E-state index in [1.54, 1.807) is 0 Å². The summed E-state index contributed by atoms with van der Waals surface area (Å²) in [6, 6.07) is 0.357. The summed E-state index contributed by atoms with van der Waals surface area (Å²) in [5.41, 5.74) is 1.16. The van der Waals surface area contributed by atoms with Crippen molar-refractivity contribution in [3.8, 4) is 0 Å². The minimum Gasteiger partial charge on any atom is -0.450 e. The number of nitrogens with one attached hydrogen (secondary N) is 1. The van der Waals surface area contributed by atoms with Gasteiger partial charge in [-0.05, 0) is 117 Å². The summed E-state index contributed by atoms with van der Waals surface area (Å²) in [6.45, 7) is 8.46. The number of fused-ring (bicyclic) bond motifs is 5. The molecular weight excluding hydrogens is 406 g/mol. The van der Waals surface area contributed by atoms with Crippen LogP contribution < -0.4 is 5.32 Å². The Labute approximate surface area is 203 Å². The Balaban J connectivity index is 1.17. The normalized spacial score (nSPS) is 45.2. The summed E-state index contributed by atoms with van der Waals surface area (Å²) in [5, 5.41) is 3.07. The van der Waals surface area contributed by atoms with E-state index in [1.165, 1.54) is 83.5 Å². The molecule has 5 rings (SSSR count). The molecule has 0 heterocycles. The van der Waals surface area contributed by atoms with Gasteiger partial charge in [0.25, 0.3) is 0 Å². The molecule has 1 N–H and O–H groups in total. The summed E-state index contributed by atoms with van der Waals surface area (Å²) in [7, 11) is 0. The minimum absolute atomic E-state index is 0.180. The molecule has 0 radical (unpaired) electrons. The first kappa shape index (κ1) is 24.0. The average Bonchev–Trinajstić information content (AvgIpc) is 3.43. The third-order valence-corrected chi connectivity index (χ3v) is 12.1. The van der Waals surface area contributed by atoms with Gasteiger partial charge in [0.05, 0.1) is 6.61 Å². The van der Waals surface area contributed by atoms with Crippen molar-refractivity contribution in [2.45, 2.75) is 130 Å². The van der Waals surface area contributed by atoms with Crippen LogP contribution in [0, 0.1) is 46.3 Å². The molecule has 0 spiro atoms. The maximum atomic E-state index is 12.1. The van der Waals surface area contributed by atoms with Gasteiger partial charge in [0.15, 0.2) is 0 Å². The average molecular weight is 458 g/mol. The van der Waals surface area contributed by atoms with E-state index in [1.807, 2.05) is 0 Å². The molecule has 0 aromatic rings. The van der Waals surface area contributed by atoms with Crippen molar-refractivity contribution < 1.29 is 9.53 Å². The van der Waals surface area contributed by atoms with Crippen molar-refractivity contribution in [3.63, 3.8) is 0 Å². The lowest BCUT2D eigenvalue weighted by Crippen LogP contribution is -2.55. The second-order valence-electron chi connectivity index (χ2n) is 13.4. The Kier molecular flexibility index (Phi) is 7.07. The van der Waals surface area contributed by atoms with Gasteiger partial charge in [-0.3, -0.25) is 0 Å². The number of carbonyl (C=O) groups excluding carboxylic acids is 1. The molecule has 0 aromatic carbocycles. The Bertz CT molecular complexity index is 687. The molecule has 1 amide bonds. The van der Waals surface area contributed by atoms with E-state index < -0.39 is 0 Å². The van der Waals surface area contributed by atoms with Crippen molar-refractivity contribution in [1.29, 1.82) is 0 Å². The summed E-state index contributed by atoms with van der Waals surface area (Å²) >= 11 is 0. The van der Waals surface area contributed by atoms with E-state index in [0.29, 0.717) is 23.5 Å². The van der Waals surface area contributed by atoms with Gasteiger partial charge in [-0.2, -0.15) is 0 Å². The molecule has 0 aliphatic heterocycles. The maximum absolute atomic E-state index is 12.1. The fraction of sp³-hybridized carbons (Fsp3) is 0.967. The highest BCUT2D eigenvalue weighted by Gasteiger charge is 2.60. The van der Waals surface area contributed by atoms with Crippen LogP contribution in [-0.2, 0) is 4.74 Å². The lowest BCUT2D eigenvalue weighted by atomic mass is 9.42. The van der Waals surface area contributed by atoms with E-state index in [9.17, 15) is 4.79 Å². The number of carbonyl (C=O) groups is 1. The van der Waals surface area contributed by atoms with Crippen LogP contribution >= 0.6 is 0 Å². The molecule has 0 aromatic heterocycles. The van der Waals surface area contributed by atoms with Crippen molar-refractivity contribution in [2.24, 2.45) is 46.3 Å². The lowest BCUT2D eigenvalue weighted by molar-refractivity contribution is -0.135. The minimum atomic E-state index is -0.180. The first-order valence-electron chi connectivity index (χ1n) is 14.9. The number of rotatable bonds is 6. The Hall–Kier alpha value is -0.730. The summed E-state index contributed by atoms with van der Waals surface area (Å²) < 4.78 is 5.57. The van der Waals surface area contributed by atoms with Gasteiger partial charge in [-0.1, -0.05) is 52.9 Å². The van der Waals surface area contributed by atoms with Crippen LogP contribution in [0.15, 0.2) is 0 Å². The standard InChI is InChI=1S/C30H51NO2/c1-4-21-20-24-26-15-14-22(10-9-19-33-28(32)31-23-11-5-6-12-23)29(26,2)18-16-27(24)30(3)17-8-7-13-25(21)30/h21-27H,4-20H2,1-3H3,(H,31,32)/t21-,22?,24?,25?,26?,27-,29?,30?/m0/s1. The third-order valence-electron chi connectivity index (χ3n) is 12.1. The molecule has 5 saturated carbocycles. The van der Waals surface area contributed by atoms with Gasteiger partial charge in [-0.25, -0.2) is 4.79 Å². The zero-order valence-corrected chi connectivity index (χ0v) is 21.9. The fourth-order valence-corrected chi connectivity index (χ4v) is 10.4. The van der Waals surface area contributed by atoms with Gasteiger partial charge >= 0.3 is 6.09 Å². The van der Waals surface area contributed by atoms with Gasteiger partial charge in [0.2, 0.25) is 0 Å². The Morgan fingerprint density at radius 1 is 0.879 bits per heavy atom. The molecule has 3 heteroatoms. The highest BCUT2D eigenvalue weighted by Crippen LogP contribution is 2.69. The smallest absolute Gasteiger partial charge is 0.407 e. The number of ether oxygens (including phenoxy) is 1. The molecule has 3 nitrogen and oxygen atoms in total. The molecule has 8 atom stereocenters. The highest BCUT2D eigenvalue weighted by molar-refractivity contribution is 5.67. The second kappa shape index (κ2) is 9.73. The first-order valence-corrected chi connectivity index (χ1v) is 14.9. The van der Waals surface area contributed by atoms with Gasteiger partial charge in [-0.15, -0.1) is 0 Å². The maximum Gasteiger partial charge on any atom is 0.407 e. The molecule has 5 aliphatic rings. The topological polar surface area (TPSA) is 38.3 Å². The Morgan fingerprint density at radius 3 is 2.42 bits per heavy atom. The summed E-state index contributed by atoms with van der Waals surface area (Å²) in [5.74, 6) is 5.73. The highest BCUT2D eigenvalue weighted by atomic mass is 16.5. The molecule has 0 bridgehead atoms. The van der Waals surface area contributed by atoms with Crippen molar-refractivity contribution >= 4 is 6.09 Å². The van der Waals surface area contributed by atoms with E-state index >= 15 is 0 Å². The Morgan fingerprint density at radius 2 is 1.64 bits per heavy atom. The lowest BCUT2D eigenvalue weighted by Gasteiger charge is -2.62. The monoisotopic (exact) mass is 457 g/mol. The quantitative estimate of drug-likeness (QED) is 0.409. The van der Waals surface area contributed by atoms with Crippen LogP contribution in [0.2, 0.25) is 0 Å². The molecular formula is C30H51NO2. The van der Waals surface area contributed by atoms with E-state index in [2.05, 4.69) is 26.1 Å². The number of hydrogen-bond donors (Lipinski definition) is 1. The van der Waals surface area contributed by atoms with Crippen molar-refractivity contribution in [1.82, 2.24) is 5.32 Å². The van der Waals surface area contributed by atoms with Gasteiger partial charge in [0.1, 0.15) is 0 Å². The van der Waals surface area contributed by atoms with Crippen molar-refractivity contribution in [2.75, 3.05) is 6.61 Å². The first-order chi connectivity index (χ1) is 16.0. The predicted molar refractivity (Wildman–Crippen MR) is 135 cm³/mol. The number of hydrogen-bond acceptors (Lipinski definition) is 2. The van der Waals surface area contributed by atoms with Crippen molar-refractivity contribution in [3.05, 3.63) is 0 Å². The van der Waals surface area contributed by atoms with Crippen LogP contribution in [-0.4, -0.2) is 18.7 Å². The molecule has 6 unspecified atom stereocenters. The number of alkyl carbamates (subject to hydrolysis) is 1. The zero-order valence-electron chi connectivity index (χ0n) is 21.9. The van der Waals surface area contributed by atoms with Crippen LogP contribution in [0.25, 0.3) is 0 Å². The fourth-order valence-electron chi connectivity index (χ4n) is 10.4. The molecule has 188 valence electrons. The molecule has 33 heavy (non-hydrogen) atoms. The van der Waals surface area contributed by atoms with Crippen LogP contribution in [0.4, 0.5) is 4.79 Å². The molecule has 5 fully saturated rings. The van der Waals surface area contributed by atoms with Gasteiger partial charge in [0, 0.05) is 6.04 Å². The summed E-state index contributed by atoms with van der Waals surface area (Å²) in [4.78, 5) is 12.1. The summed E-state index contributed by atoms with van der Waals surface area (Å²) in [6.07, 6.45) is 21.5. The largest absolute Gasteiger partial charge is 0.450 e. The van der Waals surface area contributed by atoms with Crippen LogP contribution in [0.1, 0.15) is 124 Å². The van der Waals surface area contributed by atoms with E-state index in [-0.39, 0.29) is 6.09 Å². The molecule has 5 aliphatic carbocycles. The number of amides is 1. The van der Waals surface area contributed by atoms with Crippen LogP contribution in [0.3, 0.4) is 0 Å². The van der Waals surface area contributed by atoms with E-state index in [4.69, 9.17) is 4.74 Å². The zero-order chi connectivity index (χ0) is 23.1. The molecule has 0 saturated heterocycles. The van der Waals surface area contributed by atoms with Gasteiger partial charge < -0.3 is 10.1 Å². The predicted octanol–water partition coefficient (Wildman–Crippen LogP) is 8.12.